The lowest BCUT2D eigenvalue weighted by atomic mass is 10.1. The molecular weight excluding hydrogens is 384 g/mol. The van der Waals surface area contributed by atoms with Gasteiger partial charge in [-0.1, -0.05) is 11.3 Å². The summed E-state index contributed by atoms with van der Waals surface area (Å²) in [5, 5.41) is 9.80. The van der Waals surface area contributed by atoms with Gasteiger partial charge < -0.3 is 14.8 Å². The van der Waals surface area contributed by atoms with Gasteiger partial charge in [-0.15, -0.1) is 5.10 Å². The highest BCUT2D eigenvalue weighted by atomic mass is 19.4. The quantitative estimate of drug-likeness (QED) is 0.514. The minimum Gasteiger partial charge on any atom is -0.351 e. The minimum atomic E-state index is -4.74. The monoisotopic (exact) mass is 404 g/mol. The van der Waals surface area contributed by atoms with Crippen LogP contribution >= 0.6 is 0 Å². The number of hydrogen-bond acceptors (Lipinski definition) is 5. The van der Waals surface area contributed by atoms with E-state index in [1.807, 2.05) is 0 Å². The summed E-state index contributed by atoms with van der Waals surface area (Å²) in [6.07, 6.45) is -3.98. The molecule has 2 aromatic rings. The number of carbonyl (C=O) groups excluding carboxylic acids is 1. The number of carbonyl (C=O) groups is 1. The molecule has 1 aromatic heterocycles. The molecule has 11 heteroatoms. The zero-order valence-electron chi connectivity index (χ0n) is 15.3. The summed E-state index contributed by atoms with van der Waals surface area (Å²) in [6, 6.07) is 2.26. The van der Waals surface area contributed by atoms with Crippen LogP contribution in [0.1, 0.15) is 35.5 Å². The predicted molar refractivity (Wildman–Crippen MR) is 89.6 cm³/mol. The Kier molecular flexibility index (Phi) is 7.46. The Hall–Kier alpha value is -2.53. The normalized spacial score (nSPS) is 11.8. The molecule has 7 nitrogen and oxygen atoms in total. The first-order valence-corrected chi connectivity index (χ1v) is 8.51. The number of amides is 1. The number of aromatic nitrogens is 3. The summed E-state index contributed by atoms with van der Waals surface area (Å²) >= 11 is 0. The highest BCUT2D eigenvalue weighted by Gasteiger charge is 2.33. The number of nitrogens with zero attached hydrogens (tertiary/aromatic N) is 3. The number of benzene rings is 1. The van der Waals surface area contributed by atoms with Gasteiger partial charge in [-0.25, -0.2) is 9.07 Å². The lowest BCUT2D eigenvalue weighted by Crippen LogP contribution is -2.25. The van der Waals surface area contributed by atoms with Crippen molar-refractivity contribution in [1.82, 2.24) is 20.3 Å². The van der Waals surface area contributed by atoms with Gasteiger partial charge in [-0.2, -0.15) is 13.2 Å². The van der Waals surface area contributed by atoms with Crippen LogP contribution in [0.15, 0.2) is 24.4 Å². The van der Waals surface area contributed by atoms with Crippen molar-refractivity contribution in [2.24, 2.45) is 0 Å². The maximum atomic E-state index is 13.1. The first-order chi connectivity index (χ1) is 13.2. The van der Waals surface area contributed by atoms with E-state index in [9.17, 15) is 22.4 Å². The standard InChI is InChI=1S/C17H20F4N4O3/c1-3-27-15(28-4-2)10-25-9-14(23-24-25)16(26)22-8-11-5-6-12(18)7-13(11)17(19,20)21/h5-7,9,15H,3-4,8,10H2,1-2H3,(H,22,26). The van der Waals surface area contributed by atoms with Crippen LogP contribution in [0.2, 0.25) is 0 Å². The van der Waals surface area contributed by atoms with Crippen LogP contribution in [0.25, 0.3) is 0 Å². The molecule has 0 atom stereocenters. The van der Waals surface area contributed by atoms with Crippen LogP contribution in [0.3, 0.4) is 0 Å². The Morgan fingerprint density at radius 1 is 1.25 bits per heavy atom. The first-order valence-electron chi connectivity index (χ1n) is 8.51. The van der Waals surface area contributed by atoms with E-state index >= 15 is 0 Å². The van der Waals surface area contributed by atoms with Crippen LogP contribution in [0.5, 0.6) is 0 Å². The predicted octanol–water partition coefficient (Wildman–Crippen LogP) is 2.77. The molecule has 28 heavy (non-hydrogen) atoms. The van der Waals surface area contributed by atoms with Crippen LogP contribution in [-0.4, -0.2) is 40.4 Å². The van der Waals surface area contributed by atoms with Gasteiger partial charge in [-0.05, 0) is 31.5 Å². The molecule has 0 aliphatic rings. The molecule has 0 spiro atoms. The molecule has 1 heterocycles. The van der Waals surface area contributed by atoms with E-state index in [-0.39, 0.29) is 17.8 Å². The SMILES string of the molecule is CCOC(Cn1cc(C(=O)NCc2ccc(F)cc2C(F)(F)F)nn1)OCC. The highest BCUT2D eigenvalue weighted by molar-refractivity contribution is 5.91. The smallest absolute Gasteiger partial charge is 0.351 e. The molecular formula is C17H20F4N4O3. The largest absolute Gasteiger partial charge is 0.416 e. The summed E-state index contributed by atoms with van der Waals surface area (Å²) in [5.41, 5.74) is -1.49. The van der Waals surface area contributed by atoms with Gasteiger partial charge in [0.05, 0.1) is 18.3 Å². The second kappa shape index (κ2) is 9.60. The molecule has 0 fully saturated rings. The molecule has 0 unspecified atom stereocenters. The molecule has 0 radical (unpaired) electrons. The Labute approximate surface area is 158 Å². The van der Waals surface area contributed by atoms with Crippen molar-refractivity contribution in [3.05, 3.63) is 47.0 Å². The van der Waals surface area contributed by atoms with E-state index in [1.165, 1.54) is 10.9 Å². The van der Waals surface area contributed by atoms with Crippen LogP contribution < -0.4 is 5.32 Å². The van der Waals surface area contributed by atoms with E-state index in [0.717, 1.165) is 12.1 Å². The fraction of sp³-hybridized carbons (Fsp3) is 0.471. The summed E-state index contributed by atoms with van der Waals surface area (Å²) in [7, 11) is 0. The van der Waals surface area contributed by atoms with Crippen molar-refractivity contribution in [2.75, 3.05) is 13.2 Å². The van der Waals surface area contributed by atoms with Gasteiger partial charge in [0.15, 0.2) is 12.0 Å². The van der Waals surface area contributed by atoms with E-state index in [1.54, 1.807) is 13.8 Å². The molecule has 0 aliphatic heterocycles. The van der Waals surface area contributed by atoms with Gasteiger partial charge in [0.25, 0.3) is 5.91 Å². The van der Waals surface area contributed by atoms with Crippen LogP contribution in [0, 0.1) is 5.82 Å². The second-order valence-electron chi connectivity index (χ2n) is 5.65. The molecule has 154 valence electrons. The molecule has 0 aliphatic carbocycles. The molecule has 1 aromatic carbocycles. The number of rotatable bonds is 9. The summed E-state index contributed by atoms with van der Waals surface area (Å²) in [4.78, 5) is 12.2. The maximum Gasteiger partial charge on any atom is 0.416 e. The highest BCUT2D eigenvalue weighted by Crippen LogP contribution is 2.32. The Bertz CT molecular complexity index is 789. The zero-order valence-corrected chi connectivity index (χ0v) is 15.3. The molecule has 1 N–H and O–H groups in total. The van der Waals surface area contributed by atoms with Gasteiger partial charge >= 0.3 is 6.18 Å². The third kappa shape index (κ3) is 5.99. The Morgan fingerprint density at radius 2 is 1.93 bits per heavy atom. The number of halogens is 4. The fourth-order valence-corrected chi connectivity index (χ4v) is 2.40. The molecule has 0 bridgehead atoms. The summed E-state index contributed by atoms with van der Waals surface area (Å²) < 4.78 is 64.2. The lowest BCUT2D eigenvalue weighted by Gasteiger charge is -2.16. The summed E-state index contributed by atoms with van der Waals surface area (Å²) in [5.74, 6) is -1.73. The number of ether oxygens (including phenoxy) is 2. The van der Waals surface area contributed by atoms with E-state index in [0.29, 0.717) is 19.3 Å². The Balaban J connectivity index is 2.02. The van der Waals surface area contributed by atoms with E-state index < -0.39 is 36.3 Å². The van der Waals surface area contributed by atoms with Gasteiger partial charge in [0, 0.05) is 19.8 Å². The van der Waals surface area contributed by atoms with Gasteiger partial charge in [0.1, 0.15) is 5.82 Å². The van der Waals surface area contributed by atoms with Crippen LogP contribution in [-0.2, 0) is 28.7 Å². The topological polar surface area (TPSA) is 78.3 Å². The molecule has 1 amide bonds. The summed E-state index contributed by atoms with van der Waals surface area (Å²) in [6.45, 7) is 4.20. The van der Waals surface area contributed by atoms with Gasteiger partial charge in [0.2, 0.25) is 0 Å². The average Bonchev–Trinajstić information content (AvgIpc) is 3.08. The molecule has 2 rings (SSSR count). The third-order valence-electron chi connectivity index (χ3n) is 3.63. The number of hydrogen-bond donors (Lipinski definition) is 1. The van der Waals surface area contributed by atoms with Crippen molar-refractivity contribution in [3.8, 4) is 0 Å². The minimum absolute atomic E-state index is 0.0811. The van der Waals surface area contributed by atoms with E-state index in [2.05, 4.69) is 15.6 Å². The van der Waals surface area contributed by atoms with Gasteiger partial charge in [-0.3, -0.25) is 4.79 Å². The van der Waals surface area contributed by atoms with Crippen molar-refractivity contribution in [3.63, 3.8) is 0 Å². The average molecular weight is 404 g/mol. The van der Waals surface area contributed by atoms with Crippen LogP contribution in [0.4, 0.5) is 17.6 Å². The van der Waals surface area contributed by atoms with Crippen molar-refractivity contribution < 1.29 is 31.8 Å². The Morgan fingerprint density at radius 3 is 2.54 bits per heavy atom. The number of alkyl halides is 3. The van der Waals surface area contributed by atoms with Crippen molar-refractivity contribution >= 4 is 5.91 Å². The van der Waals surface area contributed by atoms with E-state index in [4.69, 9.17) is 9.47 Å². The molecule has 0 saturated carbocycles. The third-order valence-corrected chi connectivity index (χ3v) is 3.63. The van der Waals surface area contributed by atoms with Crippen molar-refractivity contribution in [1.29, 1.82) is 0 Å². The lowest BCUT2D eigenvalue weighted by molar-refractivity contribution is -0.145. The first kappa shape index (κ1) is 21.8. The number of nitrogens with one attached hydrogen (secondary N) is 1. The molecule has 0 saturated heterocycles. The zero-order chi connectivity index (χ0) is 20.7. The second-order valence-corrected chi connectivity index (χ2v) is 5.65. The fourth-order valence-electron chi connectivity index (χ4n) is 2.40. The van der Waals surface area contributed by atoms with Crippen molar-refractivity contribution in [2.45, 2.75) is 39.4 Å². The maximum absolute atomic E-state index is 13.1.